The van der Waals surface area contributed by atoms with Gasteiger partial charge in [0.2, 0.25) is 5.36 Å². The van der Waals surface area contributed by atoms with E-state index < -0.39 is 21.7 Å². The fraction of sp³-hybridized carbons (Fsp3) is 0.207. The van der Waals surface area contributed by atoms with Gasteiger partial charge in [-0.3, -0.25) is 4.79 Å². The number of aromatic carboxylic acids is 1. The predicted octanol–water partition coefficient (Wildman–Crippen LogP) is 1.95. The Morgan fingerprint density at radius 2 is 1.79 bits per heavy atom. The standard InChI is InChI=1S/C29H29N3O6S/c1-6-39(36,37)14-13-30-28(33)18-7-10-21(29(34)35)24(15-18)27-22-11-8-19(31(2)3)16-25(22)38-26-17-20(32(4)5)9-12-23(26)27/h6-12,15-17H,1,13-14H2,2-5H3,(H-,30,33,34,35). The molecule has 0 fully saturated rings. The zero-order chi connectivity index (χ0) is 28.5. The molecule has 0 radical (unpaired) electrons. The Balaban J connectivity index is 1.97. The van der Waals surface area contributed by atoms with Crippen molar-refractivity contribution in [2.24, 2.45) is 0 Å². The van der Waals surface area contributed by atoms with E-state index in [1.54, 1.807) is 0 Å². The summed E-state index contributed by atoms with van der Waals surface area (Å²) in [4.78, 5) is 27.1. The molecule has 0 saturated heterocycles. The lowest BCUT2D eigenvalue weighted by atomic mass is 9.89. The Morgan fingerprint density at radius 1 is 1.05 bits per heavy atom. The van der Waals surface area contributed by atoms with Gasteiger partial charge in [0.05, 0.1) is 17.8 Å². The van der Waals surface area contributed by atoms with Crippen molar-refractivity contribution in [3.05, 3.63) is 83.1 Å². The van der Waals surface area contributed by atoms with Crippen molar-refractivity contribution in [3.8, 4) is 22.5 Å². The van der Waals surface area contributed by atoms with Gasteiger partial charge in [0.15, 0.2) is 9.84 Å². The van der Waals surface area contributed by atoms with Crippen LogP contribution in [-0.2, 0) is 9.84 Å². The topological polar surface area (TPSA) is 123 Å². The zero-order valence-corrected chi connectivity index (χ0v) is 23.0. The van der Waals surface area contributed by atoms with Crippen LogP contribution in [0.4, 0.5) is 5.69 Å². The second-order valence-corrected chi connectivity index (χ2v) is 11.5. The molecular formula is C29H29N3O6S. The SMILES string of the molecule is C=CS(=O)(=O)CCNC(=O)c1ccc(C(=O)[O-])c(-c2c3ccc(=[N+](C)C)cc-3oc3cc(N(C)C)ccc23)c1. The molecule has 1 heterocycles. The number of hydrogen-bond acceptors (Lipinski definition) is 7. The number of fused-ring (bicyclic) bond motifs is 2. The smallest absolute Gasteiger partial charge is 0.251 e. The van der Waals surface area contributed by atoms with E-state index in [4.69, 9.17) is 4.42 Å². The van der Waals surface area contributed by atoms with E-state index in [9.17, 15) is 23.1 Å². The van der Waals surface area contributed by atoms with Gasteiger partial charge < -0.3 is 24.5 Å². The minimum Gasteiger partial charge on any atom is -0.545 e. The maximum atomic E-state index is 12.9. The summed E-state index contributed by atoms with van der Waals surface area (Å²) < 4.78 is 31.6. The van der Waals surface area contributed by atoms with Gasteiger partial charge in [-0.05, 0) is 35.9 Å². The molecule has 2 aromatic rings. The van der Waals surface area contributed by atoms with Gasteiger partial charge >= 0.3 is 0 Å². The Morgan fingerprint density at radius 3 is 2.44 bits per heavy atom. The number of carbonyl (C=O) groups is 2. The number of amides is 1. The van der Waals surface area contributed by atoms with Gasteiger partial charge in [-0.25, -0.2) is 13.0 Å². The van der Waals surface area contributed by atoms with Gasteiger partial charge in [-0.15, -0.1) is 0 Å². The van der Waals surface area contributed by atoms with E-state index in [1.165, 1.54) is 18.2 Å². The minimum atomic E-state index is -3.49. The molecule has 1 aliphatic carbocycles. The molecule has 4 rings (SSSR count). The summed E-state index contributed by atoms with van der Waals surface area (Å²) in [5.74, 6) is -1.71. The number of benzene rings is 3. The molecule has 1 N–H and O–H groups in total. The second-order valence-electron chi connectivity index (χ2n) is 9.46. The Kier molecular flexibility index (Phi) is 7.60. The number of sulfone groups is 1. The number of hydrogen-bond donors (Lipinski definition) is 1. The summed E-state index contributed by atoms with van der Waals surface area (Å²) in [5.41, 5.74) is 3.01. The highest BCUT2D eigenvalue weighted by Gasteiger charge is 2.22. The number of nitrogens with one attached hydrogen (secondary N) is 1. The molecule has 1 amide bonds. The van der Waals surface area contributed by atoms with Crippen molar-refractivity contribution in [1.82, 2.24) is 9.89 Å². The van der Waals surface area contributed by atoms with Crippen LogP contribution < -0.4 is 25.3 Å². The molecule has 0 unspecified atom stereocenters. The first kappa shape index (κ1) is 27.6. The highest BCUT2D eigenvalue weighted by atomic mass is 32.2. The number of anilines is 1. The van der Waals surface area contributed by atoms with Crippen molar-refractivity contribution in [1.29, 1.82) is 0 Å². The van der Waals surface area contributed by atoms with E-state index in [0.29, 0.717) is 27.9 Å². The zero-order valence-electron chi connectivity index (χ0n) is 22.1. The first-order valence-electron chi connectivity index (χ1n) is 12.1. The molecule has 0 saturated carbocycles. The third kappa shape index (κ3) is 5.70. The average Bonchev–Trinajstić information content (AvgIpc) is 2.90. The monoisotopic (exact) mass is 547 g/mol. The molecule has 39 heavy (non-hydrogen) atoms. The molecule has 0 aromatic heterocycles. The molecule has 0 atom stereocenters. The summed E-state index contributed by atoms with van der Waals surface area (Å²) in [6.07, 6.45) is 0. The van der Waals surface area contributed by atoms with Crippen LogP contribution in [0.15, 0.2) is 71.0 Å². The first-order chi connectivity index (χ1) is 18.4. The van der Waals surface area contributed by atoms with Gasteiger partial charge in [-0.2, -0.15) is 0 Å². The molecule has 0 bridgehead atoms. The van der Waals surface area contributed by atoms with Gasteiger partial charge in [0.1, 0.15) is 25.4 Å². The normalized spacial score (nSPS) is 11.4. The molecule has 1 aliphatic heterocycles. The maximum absolute atomic E-state index is 12.9. The lowest BCUT2D eigenvalue weighted by molar-refractivity contribution is -0.254. The summed E-state index contributed by atoms with van der Waals surface area (Å²) in [6, 6.07) is 15.4. The number of nitrogens with zero attached hydrogens (tertiary/aromatic N) is 2. The predicted molar refractivity (Wildman–Crippen MR) is 150 cm³/mol. The van der Waals surface area contributed by atoms with Crippen molar-refractivity contribution in [2.75, 3.05) is 45.4 Å². The molecule has 2 aliphatic rings. The van der Waals surface area contributed by atoms with Gasteiger partial charge in [-0.1, -0.05) is 12.6 Å². The van der Waals surface area contributed by atoms with Crippen LogP contribution in [-0.4, -0.2) is 60.8 Å². The van der Waals surface area contributed by atoms with E-state index >= 15 is 0 Å². The van der Waals surface area contributed by atoms with Gasteiger partial charge in [0.25, 0.3) is 5.91 Å². The van der Waals surface area contributed by atoms with E-state index in [1.807, 2.05) is 74.1 Å². The van der Waals surface area contributed by atoms with Crippen molar-refractivity contribution >= 4 is 38.4 Å². The van der Waals surface area contributed by atoms with Gasteiger partial charge in [0, 0.05) is 71.5 Å². The summed E-state index contributed by atoms with van der Waals surface area (Å²) in [6.45, 7) is 3.14. The van der Waals surface area contributed by atoms with Crippen LogP contribution >= 0.6 is 0 Å². The molecule has 2 aromatic carbocycles. The van der Waals surface area contributed by atoms with Crippen LogP contribution in [0, 0.1) is 0 Å². The lowest BCUT2D eigenvalue weighted by Gasteiger charge is -2.20. The largest absolute Gasteiger partial charge is 0.545 e. The van der Waals surface area contributed by atoms with Crippen LogP contribution in [0.2, 0.25) is 0 Å². The van der Waals surface area contributed by atoms with Crippen LogP contribution in [0.1, 0.15) is 20.7 Å². The maximum Gasteiger partial charge on any atom is 0.251 e. The van der Waals surface area contributed by atoms with Crippen LogP contribution in [0.25, 0.3) is 33.4 Å². The van der Waals surface area contributed by atoms with E-state index in [-0.39, 0.29) is 29.0 Å². The van der Waals surface area contributed by atoms with Crippen molar-refractivity contribution < 1.29 is 27.5 Å². The number of carbonyl (C=O) groups excluding carboxylic acids is 2. The fourth-order valence-electron chi connectivity index (χ4n) is 4.28. The number of carboxylic acid groups (broad SMARTS) is 1. The highest BCUT2D eigenvalue weighted by molar-refractivity contribution is 7.94. The molecule has 9 nitrogen and oxygen atoms in total. The van der Waals surface area contributed by atoms with E-state index in [0.717, 1.165) is 16.5 Å². The summed E-state index contributed by atoms with van der Waals surface area (Å²) in [7, 11) is 4.14. The molecule has 10 heteroatoms. The molecular weight excluding hydrogens is 518 g/mol. The number of rotatable bonds is 8. The Hall–Kier alpha value is -4.44. The second kappa shape index (κ2) is 10.7. The Labute approximate surface area is 226 Å². The molecule has 0 spiro atoms. The third-order valence-electron chi connectivity index (χ3n) is 6.42. The van der Waals surface area contributed by atoms with Crippen molar-refractivity contribution in [3.63, 3.8) is 0 Å². The summed E-state index contributed by atoms with van der Waals surface area (Å²) in [5, 5.41) is 17.2. The lowest BCUT2D eigenvalue weighted by Crippen LogP contribution is -2.29. The quantitative estimate of drug-likeness (QED) is 0.264. The Bertz CT molecular complexity index is 1770. The highest BCUT2D eigenvalue weighted by Crippen LogP contribution is 2.42. The molecule has 202 valence electrons. The van der Waals surface area contributed by atoms with E-state index in [2.05, 4.69) is 11.9 Å². The van der Waals surface area contributed by atoms with Crippen LogP contribution in [0.3, 0.4) is 0 Å². The van der Waals surface area contributed by atoms with Crippen molar-refractivity contribution in [2.45, 2.75) is 0 Å². The third-order valence-corrected chi connectivity index (χ3v) is 7.70. The fourth-order valence-corrected chi connectivity index (χ4v) is 4.83. The van der Waals surface area contributed by atoms with Crippen LogP contribution in [0.5, 0.6) is 0 Å². The first-order valence-corrected chi connectivity index (χ1v) is 13.8. The number of carboxylic acids is 1. The minimum absolute atomic E-state index is 0.0945. The average molecular weight is 548 g/mol. The summed E-state index contributed by atoms with van der Waals surface area (Å²) >= 11 is 0.